The Labute approximate surface area is 182 Å². The molecular formula is C25H27N3O3. The van der Waals surface area contributed by atoms with E-state index in [2.05, 4.69) is 17.2 Å². The van der Waals surface area contributed by atoms with Crippen LogP contribution in [0.15, 0.2) is 66.9 Å². The molecule has 0 aliphatic heterocycles. The third-order valence-corrected chi connectivity index (χ3v) is 4.93. The van der Waals surface area contributed by atoms with Crippen molar-refractivity contribution in [2.75, 3.05) is 16.8 Å². The van der Waals surface area contributed by atoms with Crippen LogP contribution in [0.3, 0.4) is 0 Å². The lowest BCUT2D eigenvalue weighted by Gasteiger charge is -2.25. The first-order chi connectivity index (χ1) is 15.0. The first kappa shape index (κ1) is 22.0. The molecule has 6 nitrogen and oxygen atoms in total. The summed E-state index contributed by atoms with van der Waals surface area (Å²) in [7, 11) is 0. The minimum atomic E-state index is -1.08. The number of carboxylic acid groups (broad SMARTS) is 1. The number of hydrogen-bond donors (Lipinski definition) is 2. The smallest absolute Gasteiger partial charge is 0.339 e. The maximum Gasteiger partial charge on any atom is 0.339 e. The Morgan fingerprint density at radius 3 is 2.52 bits per heavy atom. The Kier molecular flexibility index (Phi) is 7.38. The van der Waals surface area contributed by atoms with Crippen LogP contribution in [0.2, 0.25) is 0 Å². The summed E-state index contributed by atoms with van der Waals surface area (Å²) in [6.07, 6.45) is 3.41. The quantitative estimate of drug-likeness (QED) is 0.503. The van der Waals surface area contributed by atoms with Gasteiger partial charge in [0.05, 0.1) is 11.9 Å². The summed E-state index contributed by atoms with van der Waals surface area (Å²) in [6.45, 7) is 5.25. The number of unbranched alkanes of at least 4 members (excludes halogenated alkanes) is 1. The van der Waals surface area contributed by atoms with Crippen LogP contribution in [0.4, 0.5) is 11.5 Å². The third-order valence-electron chi connectivity index (χ3n) is 4.93. The van der Waals surface area contributed by atoms with Crippen molar-refractivity contribution >= 4 is 23.4 Å². The minimum Gasteiger partial charge on any atom is -0.478 e. The first-order valence-electron chi connectivity index (χ1n) is 10.4. The van der Waals surface area contributed by atoms with Crippen molar-refractivity contribution < 1.29 is 14.7 Å². The lowest BCUT2D eigenvalue weighted by atomic mass is 10.1. The predicted octanol–water partition coefficient (Wildman–Crippen LogP) is 5.15. The Balaban J connectivity index is 1.88. The molecule has 160 valence electrons. The van der Waals surface area contributed by atoms with Crippen LogP contribution in [-0.2, 0) is 6.54 Å². The lowest BCUT2D eigenvalue weighted by Crippen LogP contribution is -2.27. The van der Waals surface area contributed by atoms with Crippen molar-refractivity contribution in [3.63, 3.8) is 0 Å². The summed E-state index contributed by atoms with van der Waals surface area (Å²) < 4.78 is 0. The second-order valence-corrected chi connectivity index (χ2v) is 7.48. The molecule has 0 aliphatic carbocycles. The van der Waals surface area contributed by atoms with E-state index in [0.717, 1.165) is 24.0 Å². The van der Waals surface area contributed by atoms with Crippen molar-refractivity contribution in [1.82, 2.24) is 4.98 Å². The number of rotatable bonds is 9. The molecule has 0 spiro atoms. The lowest BCUT2D eigenvalue weighted by molar-refractivity contribution is 0.0696. The molecule has 0 radical (unpaired) electrons. The maximum absolute atomic E-state index is 12.6. The summed E-state index contributed by atoms with van der Waals surface area (Å²) in [5.74, 6) is -0.983. The minimum absolute atomic E-state index is 0.0640. The topological polar surface area (TPSA) is 82.5 Å². The van der Waals surface area contributed by atoms with Gasteiger partial charge in [0, 0.05) is 18.7 Å². The van der Waals surface area contributed by atoms with Crippen LogP contribution in [0, 0.1) is 6.92 Å². The average Bonchev–Trinajstić information content (AvgIpc) is 2.77. The highest BCUT2D eigenvalue weighted by Gasteiger charge is 2.19. The van der Waals surface area contributed by atoms with Crippen LogP contribution in [0.25, 0.3) is 0 Å². The number of hydrogen-bond acceptors (Lipinski definition) is 4. The number of aromatic carboxylic acids is 1. The molecule has 0 fully saturated rings. The summed E-state index contributed by atoms with van der Waals surface area (Å²) in [5.41, 5.74) is 2.97. The van der Waals surface area contributed by atoms with Gasteiger partial charge in [-0.15, -0.1) is 0 Å². The molecule has 0 atom stereocenters. The van der Waals surface area contributed by atoms with Crippen LogP contribution in [-0.4, -0.2) is 28.5 Å². The van der Waals surface area contributed by atoms with E-state index in [1.54, 1.807) is 12.1 Å². The van der Waals surface area contributed by atoms with E-state index in [4.69, 9.17) is 0 Å². The van der Waals surface area contributed by atoms with Crippen molar-refractivity contribution in [2.24, 2.45) is 0 Å². The number of amides is 1. The average molecular weight is 418 g/mol. The summed E-state index contributed by atoms with van der Waals surface area (Å²) in [6, 6.07) is 18.6. The molecule has 2 aromatic carbocycles. The zero-order valence-corrected chi connectivity index (χ0v) is 17.8. The highest BCUT2D eigenvalue weighted by Crippen LogP contribution is 2.24. The SMILES string of the molecule is CCCCN(Cc1ccccc1)c1ncc(NC(=O)c2cccc(C)c2)cc1C(=O)O. The molecule has 1 amide bonds. The number of aromatic nitrogens is 1. The standard InChI is InChI=1S/C25H27N3O3/c1-3-4-13-28(17-19-10-6-5-7-11-19)23-22(25(30)31)15-21(16-26-23)27-24(29)20-12-8-9-18(2)14-20/h5-12,14-16H,3-4,13,17H2,1-2H3,(H,27,29)(H,30,31). The van der Waals surface area contributed by atoms with E-state index in [1.165, 1.54) is 12.3 Å². The Bertz CT molecular complexity index is 1050. The number of carboxylic acids is 1. The van der Waals surface area contributed by atoms with Crippen LogP contribution in [0.1, 0.15) is 51.6 Å². The van der Waals surface area contributed by atoms with Gasteiger partial charge in [-0.05, 0) is 37.1 Å². The second-order valence-electron chi connectivity index (χ2n) is 7.48. The van der Waals surface area contributed by atoms with E-state index in [-0.39, 0.29) is 11.5 Å². The third kappa shape index (κ3) is 5.92. The zero-order valence-electron chi connectivity index (χ0n) is 17.8. The number of nitrogens with one attached hydrogen (secondary N) is 1. The fourth-order valence-corrected chi connectivity index (χ4v) is 3.34. The molecule has 3 aromatic rings. The number of nitrogens with zero attached hydrogens (tertiary/aromatic N) is 2. The molecule has 0 unspecified atom stereocenters. The normalized spacial score (nSPS) is 10.5. The number of anilines is 2. The number of aryl methyl sites for hydroxylation is 1. The van der Waals surface area contributed by atoms with Gasteiger partial charge in [0.25, 0.3) is 5.91 Å². The first-order valence-corrected chi connectivity index (χ1v) is 10.4. The molecule has 3 rings (SSSR count). The van der Waals surface area contributed by atoms with Gasteiger partial charge in [0.2, 0.25) is 0 Å². The predicted molar refractivity (Wildman–Crippen MR) is 123 cm³/mol. The van der Waals surface area contributed by atoms with Crippen molar-refractivity contribution in [3.05, 3.63) is 89.1 Å². The molecule has 0 saturated heterocycles. The van der Waals surface area contributed by atoms with Crippen LogP contribution < -0.4 is 10.2 Å². The molecule has 0 bridgehead atoms. The zero-order chi connectivity index (χ0) is 22.2. The highest BCUT2D eigenvalue weighted by molar-refractivity contribution is 6.05. The van der Waals surface area contributed by atoms with E-state index in [9.17, 15) is 14.7 Å². The van der Waals surface area contributed by atoms with Gasteiger partial charge in [0.1, 0.15) is 11.4 Å². The molecular weight excluding hydrogens is 390 g/mol. The summed E-state index contributed by atoms with van der Waals surface area (Å²) in [5, 5.41) is 12.6. The largest absolute Gasteiger partial charge is 0.478 e. The molecule has 1 aromatic heterocycles. The van der Waals surface area contributed by atoms with Gasteiger partial charge in [0.15, 0.2) is 0 Å². The van der Waals surface area contributed by atoms with Gasteiger partial charge in [-0.3, -0.25) is 4.79 Å². The van der Waals surface area contributed by atoms with Crippen LogP contribution >= 0.6 is 0 Å². The Morgan fingerprint density at radius 2 is 1.84 bits per heavy atom. The van der Waals surface area contributed by atoms with Gasteiger partial charge >= 0.3 is 5.97 Å². The monoisotopic (exact) mass is 417 g/mol. The summed E-state index contributed by atoms with van der Waals surface area (Å²) >= 11 is 0. The van der Waals surface area contributed by atoms with E-state index in [1.807, 2.05) is 54.3 Å². The molecule has 0 saturated carbocycles. The van der Waals surface area contributed by atoms with Crippen molar-refractivity contribution in [3.8, 4) is 0 Å². The van der Waals surface area contributed by atoms with E-state index < -0.39 is 5.97 Å². The fourth-order valence-electron chi connectivity index (χ4n) is 3.34. The van der Waals surface area contributed by atoms with E-state index in [0.29, 0.717) is 30.2 Å². The van der Waals surface area contributed by atoms with Crippen molar-refractivity contribution in [1.29, 1.82) is 0 Å². The highest BCUT2D eigenvalue weighted by atomic mass is 16.4. The van der Waals surface area contributed by atoms with Gasteiger partial charge in [-0.1, -0.05) is 61.4 Å². The Morgan fingerprint density at radius 1 is 1.06 bits per heavy atom. The van der Waals surface area contributed by atoms with Gasteiger partial charge in [-0.25, -0.2) is 9.78 Å². The number of carbonyl (C=O) groups excluding carboxylic acids is 1. The van der Waals surface area contributed by atoms with Gasteiger partial charge in [-0.2, -0.15) is 0 Å². The van der Waals surface area contributed by atoms with Gasteiger partial charge < -0.3 is 15.3 Å². The second kappa shape index (κ2) is 10.4. The molecule has 0 aliphatic rings. The van der Waals surface area contributed by atoms with Crippen molar-refractivity contribution in [2.45, 2.75) is 33.2 Å². The molecule has 2 N–H and O–H groups in total. The van der Waals surface area contributed by atoms with Crippen LogP contribution in [0.5, 0.6) is 0 Å². The number of benzene rings is 2. The maximum atomic E-state index is 12.6. The molecule has 31 heavy (non-hydrogen) atoms. The van der Waals surface area contributed by atoms with E-state index >= 15 is 0 Å². The number of carbonyl (C=O) groups is 2. The Hall–Kier alpha value is -3.67. The number of pyridine rings is 1. The summed E-state index contributed by atoms with van der Waals surface area (Å²) in [4.78, 5) is 31.0. The fraction of sp³-hybridized carbons (Fsp3) is 0.240. The molecule has 1 heterocycles. The molecule has 6 heteroatoms.